The number of hydrogen-bond donors (Lipinski definition) is 3. The molecule has 5 atom stereocenters. The molecule has 4 N–H and O–H groups in total. The van der Waals surface area contributed by atoms with Crippen LogP contribution < -0.4 is 11.1 Å². The molecule has 0 aromatic rings. The van der Waals surface area contributed by atoms with Crippen LogP contribution in [-0.4, -0.2) is 35.0 Å². The Hall–Kier alpha value is -0.940. The zero-order chi connectivity index (χ0) is 15.6. The third kappa shape index (κ3) is 4.04. The monoisotopic (exact) mass is 296 g/mol. The van der Waals surface area contributed by atoms with Gasteiger partial charge in [-0.15, -0.1) is 0 Å². The van der Waals surface area contributed by atoms with Crippen molar-refractivity contribution in [3.63, 3.8) is 0 Å². The van der Waals surface area contributed by atoms with Gasteiger partial charge in [0.25, 0.3) is 0 Å². The summed E-state index contributed by atoms with van der Waals surface area (Å²) in [5.74, 6) is 1.36. The topological polar surface area (TPSA) is 92.4 Å². The number of aliphatic carboxylic acids is 1. The van der Waals surface area contributed by atoms with Gasteiger partial charge in [-0.25, -0.2) is 0 Å². The second kappa shape index (κ2) is 6.44. The number of carboxylic acid groups (broad SMARTS) is 1. The molecule has 0 bridgehead atoms. The van der Waals surface area contributed by atoms with E-state index in [1.165, 1.54) is 12.8 Å². The van der Waals surface area contributed by atoms with Crippen molar-refractivity contribution < 1.29 is 14.7 Å². The van der Waals surface area contributed by atoms with Gasteiger partial charge in [0.1, 0.15) is 6.29 Å². The summed E-state index contributed by atoms with van der Waals surface area (Å²) in [5.41, 5.74) is 6.12. The van der Waals surface area contributed by atoms with E-state index in [-0.39, 0.29) is 18.0 Å². The Kier molecular flexibility index (Phi) is 5.04. The molecular formula is C16H28N2O3. The Morgan fingerprint density at radius 2 is 2.05 bits per heavy atom. The molecule has 2 fully saturated rings. The number of hydrogen-bond acceptors (Lipinski definition) is 4. The van der Waals surface area contributed by atoms with Crippen LogP contribution in [0.15, 0.2) is 0 Å². The van der Waals surface area contributed by atoms with Crippen LogP contribution in [0.4, 0.5) is 0 Å². The standard InChI is InChI=1S/C16H28N2O3/c1-10-3-4-11(2)13(10)5-6-16(17)8-14(16)18-12(9-19)7-15(20)21/h9-14,18H,3-8,17H2,1-2H3,(H,20,21)/t10?,11?,12-,13?,14?,16?/m0/s1. The van der Waals surface area contributed by atoms with Crippen molar-refractivity contribution in [3.05, 3.63) is 0 Å². The van der Waals surface area contributed by atoms with E-state index < -0.39 is 12.0 Å². The van der Waals surface area contributed by atoms with Crippen LogP contribution in [0.2, 0.25) is 0 Å². The Labute approximate surface area is 126 Å². The number of aldehydes is 1. The maximum absolute atomic E-state index is 10.9. The Morgan fingerprint density at radius 1 is 1.43 bits per heavy atom. The van der Waals surface area contributed by atoms with Gasteiger partial charge in [-0.1, -0.05) is 26.7 Å². The fraction of sp³-hybridized carbons (Fsp3) is 0.875. The molecule has 5 nitrogen and oxygen atoms in total. The molecule has 2 aliphatic carbocycles. The lowest BCUT2D eigenvalue weighted by Crippen LogP contribution is -2.41. The summed E-state index contributed by atoms with van der Waals surface area (Å²) in [7, 11) is 0. The average Bonchev–Trinajstić information content (AvgIpc) is 2.93. The van der Waals surface area contributed by atoms with Crippen molar-refractivity contribution in [2.75, 3.05) is 0 Å². The molecule has 0 heterocycles. The summed E-state index contributed by atoms with van der Waals surface area (Å²) in [6, 6.07) is -0.540. The zero-order valence-electron chi connectivity index (χ0n) is 13.0. The van der Waals surface area contributed by atoms with Crippen LogP contribution in [0, 0.1) is 17.8 Å². The van der Waals surface area contributed by atoms with Gasteiger partial charge in [-0.2, -0.15) is 0 Å². The van der Waals surface area contributed by atoms with Crippen LogP contribution in [0.3, 0.4) is 0 Å². The van der Waals surface area contributed by atoms with Crippen molar-refractivity contribution in [1.29, 1.82) is 0 Å². The van der Waals surface area contributed by atoms with E-state index in [1.807, 2.05) is 0 Å². The molecule has 5 heteroatoms. The molecule has 2 saturated carbocycles. The van der Waals surface area contributed by atoms with Gasteiger partial charge < -0.3 is 21.0 Å². The van der Waals surface area contributed by atoms with Gasteiger partial charge in [0.15, 0.2) is 0 Å². The molecule has 2 aliphatic rings. The number of rotatable bonds is 8. The minimum Gasteiger partial charge on any atom is -0.481 e. The van der Waals surface area contributed by atoms with Crippen LogP contribution >= 0.6 is 0 Å². The lowest BCUT2D eigenvalue weighted by Gasteiger charge is -2.22. The lowest BCUT2D eigenvalue weighted by molar-refractivity contribution is -0.138. The third-order valence-electron chi connectivity index (χ3n) is 5.57. The molecule has 21 heavy (non-hydrogen) atoms. The average molecular weight is 296 g/mol. The maximum Gasteiger partial charge on any atom is 0.305 e. The molecule has 120 valence electrons. The number of carbonyl (C=O) groups excluding carboxylic acids is 1. The highest BCUT2D eigenvalue weighted by Crippen LogP contribution is 2.44. The van der Waals surface area contributed by atoms with Crippen molar-refractivity contribution in [2.24, 2.45) is 23.5 Å². The first-order chi connectivity index (χ1) is 9.85. The molecule has 0 aliphatic heterocycles. The van der Waals surface area contributed by atoms with E-state index in [2.05, 4.69) is 19.2 Å². The number of nitrogens with two attached hydrogens (primary N) is 1. The summed E-state index contributed by atoms with van der Waals surface area (Å²) < 4.78 is 0. The van der Waals surface area contributed by atoms with E-state index in [0.29, 0.717) is 6.29 Å². The fourth-order valence-electron chi connectivity index (χ4n) is 3.93. The summed E-state index contributed by atoms with van der Waals surface area (Å²) in [5, 5.41) is 11.8. The first-order valence-corrected chi connectivity index (χ1v) is 8.07. The van der Waals surface area contributed by atoms with Crippen molar-refractivity contribution in [2.45, 2.75) is 70.0 Å². The van der Waals surface area contributed by atoms with Gasteiger partial charge in [-0.3, -0.25) is 4.79 Å². The molecule has 0 radical (unpaired) electrons. The van der Waals surface area contributed by atoms with Crippen LogP contribution in [0.25, 0.3) is 0 Å². The SMILES string of the molecule is CC1CCC(C)C1CCC1(N)CC1N[C@H](C=O)CC(=O)O. The highest BCUT2D eigenvalue weighted by atomic mass is 16.4. The third-order valence-corrected chi connectivity index (χ3v) is 5.57. The Bertz CT molecular complexity index is 391. The highest BCUT2D eigenvalue weighted by Gasteiger charge is 2.51. The summed E-state index contributed by atoms with van der Waals surface area (Å²) in [6.07, 6.45) is 6.07. The summed E-state index contributed by atoms with van der Waals surface area (Å²) >= 11 is 0. The van der Waals surface area contributed by atoms with Crippen molar-refractivity contribution in [1.82, 2.24) is 5.32 Å². The predicted molar refractivity (Wildman–Crippen MR) is 80.8 cm³/mol. The normalized spacial score (nSPS) is 40.0. The van der Waals surface area contributed by atoms with Gasteiger partial charge in [0, 0.05) is 11.6 Å². The molecule has 0 amide bonds. The number of carbonyl (C=O) groups is 2. The van der Waals surface area contributed by atoms with E-state index in [1.54, 1.807) is 0 Å². The Balaban J connectivity index is 1.77. The Morgan fingerprint density at radius 3 is 2.57 bits per heavy atom. The first-order valence-electron chi connectivity index (χ1n) is 8.07. The first kappa shape index (κ1) is 16.4. The van der Waals surface area contributed by atoms with Gasteiger partial charge in [-0.05, 0) is 37.0 Å². The quantitative estimate of drug-likeness (QED) is 0.591. The number of nitrogens with one attached hydrogen (secondary N) is 1. The molecule has 0 aromatic heterocycles. The minimum absolute atomic E-state index is 0.0825. The summed E-state index contributed by atoms with van der Waals surface area (Å²) in [4.78, 5) is 21.6. The van der Waals surface area contributed by atoms with Crippen LogP contribution in [0.1, 0.15) is 52.4 Å². The highest BCUT2D eigenvalue weighted by molar-refractivity contribution is 5.73. The van der Waals surface area contributed by atoms with E-state index in [9.17, 15) is 9.59 Å². The molecular weight excluding hydrogens is 268 g/mol. The van der Waals surface area contributed by atoms with Crippen molar-refractivity contribution >= 4 is 12.3 Å². The van der Waals surface area contributed by atoms with E-state index in [0.717, 1.165) is 37.0 Å². The van der Waals surface area contributed by atoms with Gasteiger partial charge in [0.2, 0.25) is 0 Å². The van der Waals surface area contributed by atoms with Crippen LogP contribution in [0.5, 0.6) is 0 Å². The van der Waals surface area contributed by atoms with Crippen LogP contribution in [-0.2, 0) is 9.59 Å². The van der Waals surface area contributed by atoms with E-state index in [4.69, 9.17) is 10.8 Å². The second-order valence-corrected chi connectivity index (χ2v) is 7.23. The minimum atomic E-state index is -0.962. The molecule has 0 saturated heterocycles. The van der Waals surface area contributed by atoms with Gasteiger partial charge in [0.05, 0.1) is 12.5 Å². The lowest BCUT2D eigenvalue weighted by atomic mass is 9.85. The van der Waals surface area contributed by atoms with E-state index >= 15 is 0 Å². The smallest absolute Gasteiger partial charge is 0.305 e. The largest absolute Gasteiger partial charge is 0.481 e. The van der Waals surface area contributed by atoms with Crippen molar-refractivity contribution in [3.8, 4) is 0 Å². The second-order valence-electron chi connectivity index (χ2n) is 7.23. The molecule has 4 unspecified atom stereocenters. The summed E-state index contributed by atoms with van der Waals surface area (Å²) in [6.45, 7) is 4.66. The van der Waals surface area contributed by atoms with Gasteiger partial charge >= 0.3 is 5.97 Å². The molecule has 2 rings (SSSR count). The predicted octanol–water partition coefficient (Wildman–Crippen LogP) is 1.55. The zero-order valence-corrected chi connectivity index (χ0v) is 13.0. The molecule has 0 aromatic carbocycles. The maximum atomic E-state index is 10.9. The number of carboxylic acids is 1. The fourth-order valence-corrected chi connectivity index (χ4v) is 3.93. The molecule has 0 spiro atoms.